The van der Waals surface area contributed by atoms with E-state index >= 15 is 0 Å². The normalized spacial score (nSPS) is 10.6. The first-order chi connectivity index (χ1) is 11.0. The number of nitrogens with one attached hydrogen (secondary N) is 1. The van der Waals surface area contributed by atoms with E-state index in [2.05, 4.69) is 10.3 Å². The first-order valence-electron chi connectivity index (χ1n) is 6.95. The molecule has 4 nitrogen and oxygen atoms in total. The van der Waals surface area contributed by atoms with Crippen LogP contribution in [0.4, 0.5) is 0 Å². The van der Waals surface area contributed by atoms with Crippen molar-refractivity contribution in [2.45, 2.75) is 13.0 Å². The lowest BCUT2D eigenvalue weighted by Gasteiger charge is -2.07. The van der Waals surface area contributed by atoms with Gasteiger partial charge in [0.25, 0.3) is 0 Å². The van der Waals surface area contributed by atoms with Crippen molar-refractivity contribution in [1.29, 1.82) is 0 Å². The number of benzene rings is 1. The molecule has 1 aromatic heterocycles. The van der Waals surface area contributed by atoms with Gasteiger partial charge in [0.2, 0.25) is 0 Å². The second kappa shape index (κ2) is 9.08. The molecule has 2 aromatic rings. The van der Waals surface area contributed by atoms with Gasteiger partial charge in [-0.1, -0.05) is 46.9 Å². The molecule has 0 unspecified atom stereocenters. The van der Waals surface area contributed by atoms with E-state index in [-0.39, 0.29) is 29.4 Å². The Morgan fingerprint density at radius 1 is 1.04 bits per heavy atom. The number of aromatic nitrogens is 1. The van der Waals surface area contributed by atoms with E-state index in [4.69, 9.17) is 39.5 Å². The van der Waals surface area contributed by atoms with Gasteiger partial charge in [-0.05, 0) is 48.4 Å². The lowest BCUT2D eigenvalue weighted by Crippen LogP contribution is -2.26. The topological polar surface area (TPSA) is 51.2 Å². The molecular weight excluding hydrogens is 359 g/mol. The molecule has 0 atom stereocenters. The van der Waals surface area contributed by atoms with Crippen LogP contribution in [-0.2, 0) is 22.6 Å². The molecule has 1 heterocycles. The second-order valence-corrected chi connectivity index (χ2v) is 6.05. The van der Waals surface area contributed by atoms with E-state index in [1.807, 2.05) is 24.3 Å². The van der Waals surface area contributed by atoms with Gasteiger partial charge in [-0.3, -0.25) is 4.79 Å². The molecule has 0 aliphatic rings. The minimum Gasteiger partial charge on any atom is -0.460 e. The van der Waals surface area contributed by atoms with Gasteiger partial charge in [-0.2, -0.15) is 0 Å². The van der Waals surface area contributed by atoms with E-state index in [1.165, 1.54) is 0 Å². The van der Waals surface area contributed by atoms with Crippen LogP contribution in [0.15, 0.2) is 36.4 Å². The Morgan fingerprint density at radius 2 is 1.70 bits per heavy atom. The number of rotatable bonds is 7. The highest BCUT2D eigenvalue weighted by atomic mass is 35.5. The summed E-state index contributed by atoms with van der Waals surface area (Å²) in [5.41, 5.74) is 1.85. The summed E-state index contributed by atoms with van der Waals surface area (Å²) in [7, 11) is 0. The molecule has 0 radical (unpaired) electrons. The Bertz CT molecular complexity index is 643. The van der Waals surface area contributed by atoms with Crippen LogP contribution in [0, 0.1) is 0 Å². The minimum atomic E-state index is -0.342. The fraction of sp³-hybridized carbons (Fsp3) is 0.250. The van der Waals surface area contributed by atoms with Crippen LogP contribution in [0.3, 0.4) is 0 Å². The third-order valence-corrected chi connectivity index (χ3v) is 3.63. The molecule has 7 heteroatoms. The molecule has 0 spiro atoms. The lowest BCUT2D eigenvalue weighted by atomic mass is 10.1. The Kier molecular flexibility index (Phi) is 7.12. The Balaban J connectivity index is 1.66. The van der Waals surface area contributed by atoms with Crippen LogP contribution in [0.5, 0.6) is 0 Å². The number of halogens is 3. The predicted molar refractivity (Wildman–Crippen MR) is 92.1 cm³/mol. The summed E-state index contributed by atoms with van der Waals surface area (Å²) in [6.07, 6.45) is 0.806. The van der Waals surface area contributed by atoms with Crippen LogP contribution in [0.1, 0.15) is 11.1 Å². The molecule has 1 aromatic carbocycles. The smallest absolute Gasteiger partial charge is 0.320 e. The zero-order valence-corrected chi connectivity index (χ0v) is 14.5. The van der Waals surface area contributed by atoms with Crippen molar-refractivity contribution in [2.24, 2.45) is 0 Å². The highest BCUT2D eigenvalue weighted by molar-refractivity contribution is 6.32. The summed E-state index contributed by atoms with van der Waals surface area (Å²) in [5, 5.41) is 4.28. The largest absolute Gasteiger partial charge is 0.460 e. The molecule has 0 aliphatic carbocycles. The third kappa shape index (κ3) is 6.75. The third-order valence-electron chi connectivity index (χ3n) is 3.00. The Hall–Kier alpha value is -1.33. The maximum absolute atomic E-state index is 11.7. The van der Waals surface area contributed by atoms with Crippen LogP contribution < -0.4 is 5.32 Å². The summed E-state index contributed by atoms with van der Waals surface area (Å²) in [6.45, 7) is 0.920. The average Bonchev–Trinajstić information content (AvgIpc) is 2.50. The van der Waals surface area contributed by atoms with Gasteiger partial charge >= 0.3 is 5.97 Å². The van der Waals surface area contributed by atoms with Crippen molar-refractivity contribution in [3.8, 4) is 0 Å². The zero-order chi connectivity index (χ0) is 16.7. The van der Waals surface area contributed by atoms with E-state index in [1.54, 1.807) is 12.1 Å². The second-order valence-electron chi connectivity index (χ2n) is 4.83. The molecule has 0 bridgehead atoms. The molecule has 0 saturated heterocycles. The minimum absolute atomic E-state index is 0.111. The first-order valence-corrected chi connectivity index (χ1v) is 8.09. The number of nitrogens with zero attached hydrogens (tertiary/aromatic N) is 1. The van der Waals surface area contributed by atoms with E-state index in [0.29, 0.717) is 17.1 Å². The van der Waals surface area contributed by atoms with Gasteiger partial charge < -0.3 is 10.1 Å². The van der Waals surface area contributed by atoms with Gasteiger partial charge in [-0.25, -0.2) is 4.98 Å². The fourth-order valence-electron chi connectivity index (χ4n) is 1.89. The van der Waals surface area contributed by atoms with Crippen LogP contribution in [0.25, 0.3) is 0 Å². The van der Waals surface area contributed by atoms with E-state index in [9.17, 15) is 4.79 Å². The number of hydrogen-bond acceptors (Lipinski definition) is 4. The van der Waals surface area contributed by atoms with E-state index in [0.717, 1.165) is 12.0 Å². The molecule has 122 valence electrons. The number of carbonyl (C=O) groups is 1. The van der Waals surface area contributed by atoms with Gasteiger partial charge in [0.15, 0.2) is 0 Å². The summed E-state index contributed by atoms with van der Waals surface area (Å²) < 4.78 is 5.14. The molecule has 0 fully saturated rings. The molecule has 0 aliphatic heterocycles. The monoisotopic (exact) mass is 372 g/mol. The first kappa shape index (κ1) is 18.0. The number of hydrogen-bond donors (Lipinski definition) is 1. The van der Waals surface area contributed by atoms with Crippen LogP contribution in [-0.4, -0.2) is 24.0 Å². The van der Waals surface area contributed by atoms with Crippen molar-refractivity contribution >= 4 is 40.8 Å². The van der Waals surface area contributed by atoms with Gasteiger partial charge in [-0.15, -0.1) is 0 Å². The van der Waals surface area contributed by atoms with Gasteiger partial charge in [0.1, 0.15) is 16.9 Å². The molecule has 0 saturated carbocycles. The Labute approximate surface area is 149 Å². The number of ether oxygens (including phenoxy) is 1. The van der Waals surface area contributed by atoms with Crippen LogP contribution >= 0.6 is 34.8 Å². The molecule has 0 amide bonds. The quantitative estimate of drug-likeness (QED) is 0.454. The highest BCUT2D eigenvalue weighted by Gasteiger charge is 2.05. The van der Waals surface area contributed by atoms with Gasteiger partial charge in [0.05, 0.1) is 6.54 Å². The Morgan fingerprint density at radius 3 is 2.35 bits per heavy atom. The van der Waals surface area contributed by atoms with Gasteiger partial charge in [0, 0.05) is 5.02 Å². The average molecular weight is 374 g/mol. The molecule has 1 N–H and O–H groups in total. The van der Waals surface area contributed by atoms with Crippen molar-refractivity contribution in [3.05, 3.63) is 62.9 Å². The zero-order valence-electron chi connectivity index (χ0n) is 12.2. The molecule has 23 heavy (non-hydrogen) atoms. The maximum atomic E-state index is 11.7. The summed E-state index contributed by atoms with van der Waals surface area (Å²) in [4.78, 5) is 15.5. The summed E-state index contributed by atoms with van der Waals surface area (Å²) >= 11 is 17.4. The maximum Gasteiger partial charge on any atom is 0.320 e. The number of pyridine rings is 1. The standard InChI is InChI=1S/C16H15Cl3N2O2/c17-13-3-1-11(2-4-13)5-6-20-9-16(22)23-10-12-7-14(18)21-15(19)8-12/h1-4,7-8,20H,5-6,9-10H2. The number of esters is 1. The predicted octanol–water partition coefficient (Wildman–Crippen LogP) is 3.92. The highest BCUT2D eigenvalue weighted by Crippen LogP contribution is 2.15. The van der Waals surface area contributed by atoms with E-state index < -0.39 is 0 Å². The SMILES string of the molecule is O=C(CNCCc1ccc(Cl)cc1)OCc1cc(Cl)nc(Cl)c1. The summed E-state index contributed by atoms with van der Waals surface area (Å²) in [6, 6.07) is 10.8. The van der Waals surface area contributed by atoms with Crippen LogP contribution in [0.2, 0.25) is 15.3 Å². The van der Waals surface area contributed by atoms with Crippen molar-refractivity contribution < 1.29 is 9.53 Å². The molecular formula is C16H15Cl3N2O2. The lowest BCUT2D eigenvalue weighted by molar-refractivity contribution is -0.143. The number of carbonyl (C=O) groups excluding carboxylic acids is 1. The van der Waals surface area contributed by atoms with Crippen molar-refractivity contribution in [2.75, 3.05) is 13.1 Å². The van der Waals surface area contributed by atoms with Crippen molar-refractivity contribution in [1.82, 2.24) is 10.3 Å². The fourth-order valence-corrected chi connectivity index (χ4v) is 2.52. The molecule has 2 rings (SSSR count). The van der Waals surface area contributed by atoms with Crippen molar-refractivity contribution in [3.63, 3.8) is 0 Å². The summed E-state index contributed by atoms with van der Waals surface area (Å²) in [5.74, 6) is -0.342.